The summed E-state index contributed by atoms with van der Waals surface area (Å²) in [6.07, 6.45) is -0.566. The van der Waals surface area contributed by atoms with E-state index in [1.807, 2.05) is 0 Å². The fraction of sp³-hybridized carbons (Fsp3) is 0.500. The van der Waals surface area contributed by atoms with Gasteiger partial charge in [-0.1, -0.05) is 23.2 Å². The summed E-state index contributed by atoms with van der Waals surface area (Å²) in [6.45, 7) is 1.68. The van der Waals surface area contributed by atoms with Crippen LogP contribution in [0.5, 0.6) is 0 Å². The molecule has 1 aromatic carbocycles. The summed E-state index contributed by atoms with van der Waals surface area (Å²) >= 11 is 11.8. The molecule has 6 nitrogen and oxygen atoms in total. The lowest BCUT2D eigenvalue weighted by atomic mass is 10.2. The maximum atomic E-state index is 12.8. The van der Waals surface area contributed by atoms with E-state index >= 15 is 0 Å². The molecule has 0 amide bonds. The fourth-order valence-corrected chi connectivity index (χ4v) is 4.80. The van der Waals surface area contributed by atoms with Crippen LogP contribution in [0, 0.1) is 0 Å². The molecule has 0 aliphatic carbocycles. The quantitative estimate of drug-likeness (QED) is 0.799. The van der Waals surface area contributed by atoms with Gasteiger partial charge in [0.1, 0.15) is 4.90 Å². The Balaban J connectivity index is 2.46. The predicted octanol–water partition coefficient (Wildman–Crippen LogP) is 1.35. The molecule has 1 saturated heterocycles. The van der Waals surface area contributed by atoms with E-state index in [4.69, 9.17) is 38.8 Å². The highest BCUT2D eigenvalue weighted by Gasteiger charge is 2.37. The monoisotopic (exact) mass is 354 g/mol. The lowest BCUT2D eigenvalue weighted by Crippen LogP contribution is -2.52. The van der Waals surface area contributed by atoms with Gasteiger partial charge < -0.3 is 15.6 Å². The third kappa shape index (κ3) is 3.28. The molecular weight excluding hydrogens is 339 g/mol. The van der Waals surface area contributed by atoms with Crippen molar-refractivity contribution in [2.24, 2.45) is 0 Å². The number of nitrogens with zero attached hydrogens (tertiary/aromatic N) is 1. The number of nitrogen functional groups attached to an aromatic ring is 1. The normalized spacial score (nSPS) is 24.2. The van der Waals surface area contributed by atoms with Crippen molar-refractivity contribution in [2.45, 2.75) is 24.0 Å². The predicted molar refractivity (Wildman–Crippen MR) is 81.1 cm³/mol. The van der Waals surface area contributed by atoms with Crippen LogP contribution >= 0.6 is 23.2 Å². The van der Waals surface area contributed by atoms with Gasteiger partial charge in [-0.15, -0.1) is 0 Å². The molecule has 1 aromatic rings. The summed E-state index contributed by atoms with van der Waals surface area (Å²) in [4.78, 5) is -0.168. The number of halogens is 2. The van der Waals surface area contributed by atoms with E-state index in [-0.39, 0.29) is 46.4 Å². The Kier molecular flexibility index (Phi) is 5.02. The molecule has 3 N–H and O–H groups in total. The SMILES string of the molecule is CC1COC(CO)CN1S(=O)(=O)c1c(N)cc(Cl)cc1Cl. The summed E-state index contributed by atoms with van der Waals surface area (Å²) in [7, 11) is -3.91. The second kappa shape index (κ2) is 6.28. The molecule has 0 aromatic heterocycles. The highest BCUT2D eigenvalue weighted by Crippen LogP contribution is 2.34. The molecule has 0 bridgehead atoms. The van der Waals surface area contributed by atoms with Gasteiger partial charge in [0.2, 0.25) is 10.0 Å². The van der Waals surface area contributed by atoms with E-state index in [9.17, 15) is 8.42 Å². The van der Waals surface area contributed by atoms with Gasteiger partial charge in [0.25, 0.3) is 0 Å². The van der Waals surface area contributed by atoms with E-state index < -0.39 is 16.1 Å². The largest absolute Gasteiger partial charge is 0.398 e. The minimum absolute atomic E-state index is 0.00765. The molecule has 21 heavy (non-hydrogen) atoms. The first-order valence-electron chi connectivity index (χ1n) is 6.26. The summed E-state index contributed by atoms with van der Waals surface area (Å²) < 4.78 is 32.2. The van der Waals surface area contributed by atoms with Crippen LogP contribution in [0.15, 0.2) is 17.0 Å². The average Bonchev–Trinajstić information content (AvgIpc) is 2.37. The molecule has 2 atom stereocenters. The van der Waals surface area contributed by atoms with Crippen molar-refractivity contribution < 1.29 is 18.3 Å². The van der Waals surface area contributed by atoms with E-state index in [2.05, 4.69) is 0 Å². The van der Waals surface area contributed by atoms with Crippen LogP contribution in [0.1, 0.15) is 6.92 Å². The fourth-order valence-electron chi connectivity index (χ4n) is 2.21. The number of hydrogen-bond acceptors (Lipinski definition) is 5. The van der Waals surface area contributed by atoms with Crippen LogP contribution in [-0.4, -0.2) is 49.7 Å². The zero-order chi connectivity index (χ0) is 15.8. The van der Waals surface area contributed by atoms with Gasteiger partial charge in [-0.25, -0.2) is 8.42 Å². The van der Waals surface area contributed by atoms with Gasteiger partial charge >= 0.3 is 0 Å². The highest BCUT2D eigenvalue weighted by atomic mass is 35.5. The van der Waals surface area contributed by atoms with Gasteiger partial charge in [0.15, 0.2) is 0 Å². The van der Waals surface area contributed by atoms with Crippen molar-refractivity contribution in [1.29, 1.82) is 0 Å². The Hall–Kier alpha value is -0.570. The molecule has 1 aliphatic heterocycles. The number of aliphatic hydroxyl groups is 1. The van der Waals surface area contributed by atoms with Crippen LogP contribution in [-0.2, 0) is 14.8 Å². The van der Waals surface area contributed by atoms with E-state index in [1.165, 1.54) is 16.4 Å². The molecule has 2 rings (SSSR count). The number of morpholine rings is 1. The van der Waals surface area contributed by atoms with Crippen molar-refractivity contribution in [3.8, 4) is 0 Å². The van der Waals surface area contributed by atoms with Crippen molar-refractivity contribution in [2.75, 3.05) is 25.5 Å². The lowest BCUT2D eigenvalue weighted by molar-refractivity contribution is -0.0516. The smallest absolute Gasteiger partial charge is 0.247 e. The first kappa shape index (κ1) is 16.8. The molecule has 9 heteroatoms. The van der Waals surface area contributed by atoms with Gasteiger partial charge in [-0.2, -0.15) is 4.31 Å². The molecule has 0 spiro atoms. The molecule has 2 unspecified atom stereocenters. The number of sulfonamides is 1. The lowest BCUT2D eigenvalue weighted by Gasteiger charge is -2.36. The Labute approximate surface area is 133 Å². The van der Waals surface area contributed by atoms with E-state index in [0.717, 1.165) is 0 Å². The highest BCUT2D eigenvalue weighted by molar-refractivity contribution is 7.89. The zero-order valence-corrected chi connectivity index (χ0v) is 13.6. The zero-order valence-electron chi connectivity index (χ0n) is 11.3. The molecule has 0 saturated carbocycles. The number of benzene rings is 1. The van der Waals surface area contributed by atoms with Crippen LogP contribution < -0.4 is 5.73 Å². The maximum absolute atomic E-state index is 12.8. The standard InChI is InChI=1S/C12H16Cl2N2O4S/c1-7-6-20-9(5-17)4-16(7)21(18,19)12-10(14)2-8(13)3-11(12)15/h2-3,7,9,17H,4-6,15H2,1H3. The number of anilines is 1. The molecule has 118 valence electrons. The van der Waals surface area contributed by atoms with Crippen LogP contribution in [0.3, 0.4) is 0 Å². The second-order valence-corrected chi connectivity index (χ2v) is 7.54. The average molecular weight is 355 g/mol. The molecular formula is C12H16Cl2N2O4S. The van der Waals surface area contributed by atoms with Crippen molar-refractivity contribution in [1.82, 2.24) is 4.31 Å². The van der Waals surface area contributed by atoms with Gasteiger partial charge in [-0.05, 0) is 19.1 Å². The minimum Gasteiger partial charge on any atom is -0.398 e. The Morgan fingerprint density at radius 1 is 1.48 bits per heavy atom. The number of aliphatic hydroxyl groups excluding tert-OH is 1. The minimum atomic E-state index is -3.91. The summed E-state index contributed by atoms with van der Waals surface area (Å²) in [5, 5.41) is 9.40. The Bertz CT molecular complexity index is 615. The van der Waals surface area contributed by atoms with Crippen molar-refractivity contribution >= 4 is 38.9 Å². The third-order valence-electron chi connectivity index (χ3n) is 3.26. The van der Waals surface area contributed by atoms with Gasteiger partial charge in [0, 0.05) is 17.6 Å². The van der Waals surface area contributed by atoms with E-state index in [1.54, 1.807) is 6.92 Å². The number of ether oxygens (including phenoxy) is 1. The van der Waals surface area contributed by atoms with Crippen molar-refractivity contribution in [3.05, 3.63) is 22.2 Å². The Morgan fingerprint density at radius 3 is 2.71 bits per heavy atom. The number of nitrogens with two attached hydrogens (primary N) is 1. The Morgan fingerprint density at radius 2 is 2.14 bits per heavy atom. The van der Waals surface area contributed by atoms with Crippen LogP contribution in [0.2, 0.25) is 10.0 Å². The summed E-state index contributed by atoms with van der Waals surface area (Å²) in [6, 6.07) is 2.29. The van der Waals surface area contributed by atoms with Gasteiger partial charge in [0.05, 0.1) is 30.0 Å². The topological polar surface area (TPSA) is 92.9 Å². The van der Waals surface area contributed by atoms with Crippen LogP contribution in [0.4, 0.5) is 5.69 Å². The first-order chi connectivity index (χ1) is 9.77. The maximum Gasteiger partial charge on any atom is 0.247 e. The number of hydrogen-bond donors (Lipinski definition) is 2. The summed E-state index contributed by atoms with van der Waals surface area (Å²) in [5.74, 6) is 0. The third-order valence-corrected chi connectivity index (χ3v) is 5.98. The van der Waals surface area contributed by atoms with Crippen LogP contribution in [0.25, 0.3) is 0 Å². The van der Waals surface area contributed by atoms with Crippen molar-refractivity contribution in [3.63, 3.8) is 0 Å². The molecule has 1 heterocycles. The van der Waals surface area contributed by atoms with E-state index in [0.29, 0.717) is 0 Å². The molecule has 1 fully saturated rings. The molecule has 0 radical (unpaired) electrons. The summed E-state index contributed by atoms with van der Waals surface area (Å²) in [5.41, 5.74) is 5.76. The second-order valence-electron chi connectivity index (χ2n) is 4.87. The first-order valence-corrected chi connectivity index (χ1v) is 8.45. The molecule has 1 aliphatic rings. The van der Waals surface area contributed by atoms with Gasteiger partial charge in [-0.3, -0.25) is 0 Å². The number of rotatable bonds is 3.